The first kappa shape index (κ1) is 14.8. The molecule has 6 nitrogen and oxygen atoms in total. The lowest BCUT2D eigenvalue weighted by Gasteiger charge is -2.32. The Morgan fingerprint density at radius 2 is 2.17 bits per heavy atom. The van der Waals surface area contributed by atoms with Gasteiger partial charge >= 0.3 is 12.0 Å². The van der Waals surface area contributed by atoms with E-state index in [1.165, 1.54) is 13.5 Å². The van der Waals surface area contributed by atoms with E-state index >= 15 is 0 Å². The number of amides is 2. The van der Waals surface area contributed by atoms with Crippen LogP contribution in [0, 0.1) is 5.92 Å². The van der Waals surface area contributed by atoms with Gasteiger partial charge in [-0.2, -0.15) is 0 Å². The number of carbonyl (C=O) groups is 2. The molecule has 0 spiro atoms. The van der Waals surface area contributed by atoms with Gasteiger partial charge in [0, 0.05) is 20.2 Å². The molecular formula is C12H22N2O4. The Morgan fingerprint density at radius 1 is 1.50 bits per heavy atom. The van der Waals surface area contributed by atoms with E-state index in [1.54, 1.807) is 4.90 Å². The summed E-state index contributed by atoms with van der Waals surface area (Å²) in [4.78, 5) is 24.5. The van der Waals surface area contributed by atoms with Crippen molar-refractivity contribution in [3.8, 4) is 0 Å². The largest absolute Gasteiger partial charge is 0.480 e. The fourth-order valence-electron chi connectivity index (χ4n) is 1.92. The van der Waals surface area contributed by atoms with Crippen LogP contribution in [0.3, 0.4) is 0 Å². The van der Waals surface area contributed by atoms with Gasteiger partial charge in [-0.25, -0.2) is 9.59 Å². The smallest absolute Gasteiger partial charge is 0.328 e. The van der Waals surface area contributed by atoms with Gasteiger partial charge in [0.25, 0.3) is 0 Å². The zero-order valence-electron chi connectivity index (χ0n) is 11.0. The van der Waals surface area contributed by atoms with Crippen LogP contribution in [0.15, 0.2) is 0 Å². The maximum atomic E-state index is 11.9. The van der Waals surface area contributed by atoms with Crippen LogP contribution < -0.4 is 5.32 Å². The molecule has 0 aliphatic heterocycles. The lowest BCUT2D eigenvalue weighted by atomic mass is 9.85. The predicted molar refractivity (Wildman–Crippen MR) is 66.4 cm³/mol. The number of rotatable bonds is 7. The molecule has 1 fully saturated rings. The Bertz CT molecular complexity index is 292. The number of hydrogen-bond acceptors (Lipinski definition) is 3. The molecule has 6 heteroatoms. The van der Waals surface area contributed by atoms with E-state index in [9.17, 15) is 9.59 Å². The van der Waals surface area contributed by atoms with Crippen LogP contribution in [0.1, 0.15) is 26.2 Å². The van der Waals surface area contributed by atoms with Crippen LogP contribution in [0.4, 0.5) is 4.79 Å². The first-order chi connectivity index (χ1) is 8.58. The third-order valence-electron chi connectivity index (χ3n) is 3.30. The van der Waals surface area contributed by atoms with Crippen LogP contribution >= 0.6 is 0 Å². The summed E-state index contributed by atoms with van der Waals surface area (Å²) in [5.74, 6) is -0.508. The number of carboxylic acid groups (broad SMARTS) is 1. The number of urea groups is 1. The van der Waals surface area contributed by atoms with E-state index in [-0.39, 0.29) is 12.6 Å². The molecule has 0 radical (unpaired) electrons. The molecule has 1 unspecified atom stereocenters. The highest BCUT2D eigenvalue weighted by Gasteiger charge is 2.26. The van der Waals surface area contributed by atoms with E-state index in [1.807, 2.05) is 6.92 Å². The molecular weight excluding hydrogens is 236 g/mol. The molecule has 18 heavy (non-hydrogen) atoms. The molecule has 0 saturated heterocycles. The second-order valence-corrected chi connectivity index (χ2v) is 4.63. The van der Waals surface area contributed by atoms with Crippen LogP contribution in [0.2, 0.25) is 0 Å². The summed E-state index contributed by atoms with van der Waals surface area (Å²) >= 11 is 0. The molecule has 0 bridgehead atoms. The van der Waals surface area contributed by atoms with Gasteiger partial charge in [0.2, 0.25) is 0 Å². The highest BCUT2D eigenvalue weighted by molar-refractivity contribution is 5.82. The number of hydrogen-bond donors (Lipinski definition) is 2. The molecule has 0 aromatic heterocycles. The first-order valence-corrected chi connectivity index (χ1v) is 6.35. The topological polar surface area (TPSA) is 78.9 Å². The lowest BCUT2D eigenvalue weighted by Crippen LogP contribution is -2.51. The third-order valence-corrected chi connectivity index (χ3v) is 3.30. The van der Waals surface area contributed by atoms with Crippen LogP contribution in [0.5, 0.6) is 0 Å². The Kier molecular flexibility index (Phi) is 5.91. The second kappa shape index (κ2) is 7.20. The Morgan fingerprint density at radius 3 is 2.56 bits per heavy atom. The van der Waals surface area contributed by atoms with Gasteiger partial charge in [0.15, 0.2) is 6.04 Å². The van der Waals surface area contributed by atoms with Crippen molar-refractivity contribution in [1.29, 1.82) is 0 Å². The molecule has 2 amide bonds. The normalized spacial score (nSPS) is 16.8. The number of ether oxygens (including phenoxy) is 1. The highest BCUT2D eigenvalue weighted by Crippen LogP contribution is 2.26. The quantitative estimate of drug-likeness (QED) is 0.711. The fraction of sp³-hybridized carbons (Fsp3) is 0.833. The van der Waals surface area contributed by atoms with Crippen molar-refractivity contribution >= 4 is 12.0 Å². The lowest BCUT2D eigenvalue weighted by molar-refractivity contribution is -0.140. The van der Waals surface area contributed by atoms with Gasteiger partial charge in [-0.15, -0.1) is 0 Å². The minimum Gasteiger partial charge on any atom is -0.480 e. The van der Waals surface area contributed by atoms with Gasteiger partial charge in [-0.1, -0.05) is 6.42 Å². The zero-order chi connectivity index (χ0) is 13.5. The molecule has 0 heterocycles. The molecule has 1 rings (SSSR count). The summed E-state index contributed by atoms with van der Waals surface area (Å²) in [6, 6.07) is -1.31. The number of nitrogens with one attached hydrogen (secondary N) is 1. The SMILES string of the molecule is CCN(CC1CCC1)C(=O)NC(COC)C(=O)O. The zero-order valence-corrected chi connectivity index (χ0v) is 11.0. The minimum atomic E-state index is -1.08. The highest BCUT2D eigenvalue weighted by atomic mass is 16.5. The summed E-state index contributed by atoms with van der Waals surface area (Å²) in [5, 5.41) is 11.4. The number of carboxylic acids is 1. The number of methoxy groups -OCH3 is 1. The monoisotopic (exact) mass is 258 g/mol. The Hall–Kier alpha value is -1.30. The summed E-state index contributed by atoms with van der Waals surface area (Å²) in [7, 11) is 1.41. The van der Waals surface area contributed by atoms with Crippen molar-refractivity contribution in [1.82, 2.24) is 10.2 Å². The summed E-state index contributed by atoms with van der Waals surface area (Å²) in [6.45, 7) is 3.16. The standard InChI is InChI=1S/C12H22N2O4/c1-3-14(7-9-5-4-6-9)12(17)13-10(8-18-2)11(15)16/h9-10H,3-8H2,1-2H3,(H,13,17)(H,15,16). The molecule has 0 aromatic rings. The molecule has 1 aliphatic rings. The summed E-state index contributed by atoms with van der Waals surface area (Å²) in [5.41, 5.74) is 0. The van der Waals surface area contributed by atoms with Gasteiger partial charge < -0.3 is 20.1 Å². The van der Waals surface area contributed by atoms with E-state index in [2.05, 4.69) is 5.32 Å². The van der Waals surface area contributed by atoms with Crippen molar-refractivity contribution in [3.05, 3.63) is 0 Å². The second-order valence-electron chi connectivity index (χ2n) is 4.63. The van der Waals surface area contributed by atoms with Crippen molar-refractivity contribution in [2.75, 3.05) is 26.8 Å². The molecule has 0 aromatic carbocycles. The fourth-order valence-corrected chi connectivity index (χ4v) is 1.92. The predicted octanol–water partition coefficient (Wildman–Crippen LogP) is 0.918. The molecule has 104 valence electrons. The maximum absolute atomic E-state index is 11.9. The van der Waals surface area contributed by atoms with E-state index < -0.39 is 12.0 Å². The van der Waals surface area contributed by atoms with Gasteiger partial charge in [-0.3, -0.25) is 0 Å². The molecule has 1 atom stereocenters. The van der Waals surface area contributed by atoms with Crippen LogP contribution in [-0.2, 0) is 9.53 Å². The van der Waals surface area contributed by atoms with E-state index in [0.29, 0.717) is 19.0 Å². The third kappa shape index (κ3) is 4.18. The number of carbonyl (C=O) groups excluding carboxylic acids is 1. The van der Waals surface area contributed by atoms with Crippen molar-refractivity contribution in [3.63, 3.8) is 0 Å². The summed E-state index contributed by atoms with van der Waals surface area (Å²) < 4.78 is 4.78. The van der Waals surface area contributed by atoms with Gasteiger partial charge in [0.05, 0.1) is 6.61 Å². The Balaban J connectivity index is 2.45. The first-order valence-electron chi connectivity index (χ1n) is 6.35. The summed E-state index contributed by atoms with van der Waals surface area (Å²) in [6.07, 6.45) is 3.54. The van der Waals surface area contributed by atoms with E-state index in [4.69, 9.17) is 9.84 Å². The number of nitrogens with zero attached hydrogens (tertiary/aromatic N) is 1. The Labute approximate surface area is 107 Å². The molecule has 1 saturated carbocycles. The van der Waals surface area contributed by atoms with E-state index in [0.717, 1.165) is 12.8 Å². The average molecular weight is 258 g/mol. The van der Waals surface area contributed by atoms with Crippen LogP contribution in [0.25, 0.3) is 0 Å². The number of aliphatic carboxylic acids is 1. The van der Waals surface area contributed by atoms with Crippen molar-refractivity contribution < 1.29 is 19.4 Å². The van der Waals surface area contributed by atoms with Crippen LogP contribution in [-0.4, -0.2) is 54.9 Å². The molecule has 2 N–H and O–H groups in total. The van der Waals surface area contributed by atoms with Gasteiger partial charge in [0.1, 0.15) is 0 Å². The molecule has 1 aliphatic carbocycles. The van der Waals surface area contributed by atoms with Crippen molar-refractivity contribution in [2.45, 2.75) is 32.2 Å². The minimum absolute atomic E-state index is 0.0257. The van der Waals surface area contributed by atoms with Crippen molar-refractivity contribution in [2.24, 2.45) is 5.92 Å². The van der Waals surface area contributed by atoms with Gasteiger partial charge in [-0.05, 0) is 25.7 Å². The average Bonchev–Trinajstić information content (AvgIpc) is 2.26. The maximum Gasteiger partial charge on any atom is 0.328 e.